The fourth-order valence-electron chi connectivity index (χ4n) is 3.22. The highest BCUT2D eigenvalue weighted by atomic mass is 35.5. The Morgan fingerprint density at radius 3 is 2.74 bits per heavy atom. The monoisotopic (exact) mass is 330 g/mol. The first-order valence-corrected chi connectivity index (χ1v) is 8.50. The summed E-state index contributed by atoms with van der Waals surface area (Å²) in [7, 11) is 1.72. The van der Waals surface area contributed by atoms with Crippen molar-refractivity contribution in [3.8, 4) is 5.75 Å². The Labute approximate surface area is 143 Å². The second-order valence-electron chi connectivity index (χ2n) is 5.92. The first-order valence-electron chi connectivity index (χ1n) is 8.12. The van der Waals surface area contributed by atoms with Gasteiger partial charge >= 0.3 is 0 Å². The second kappa shape index (κ2) is 7.82. The van der Waals surface area contributed by atoms with Crippen molar-refractivity contribution in [3.63, 3.8) is 0 Å². The molecule has 0 aromatic heterocycles. The van der Waals surface area contributed by atoms with Crippen molar-refractivity contribution in [2.24, 2.45) is 0 Å². The molecule has 0 spiro atoms. The van der Waals surface area contributed by atoms with Gasteiger partial charge in [-0.25, -0.2) is 0 Å². The quantitative estimate of drug-likeness (QED) is 0.871. The second-order valence-corrected chi connectivity index (χ2v) is 6.36. The molecule has 0 aliphatic carbocycles. The van der Waals surface area contributed by atoms with Gasteiger partial charge in [-0.05, 0) is 43.1 Å². The van der Waals surface area contributed by atoms with Crippen molar-refractivity contribution < 1.29 is 4.74 Å². The van der Waals surface area contributed by atoms with Gasteiger partial charge in [0.05, 0.1) is 7.11 Å². The van der Waals surface area contributed by atoms with Crippen molar-refractivity contribution in [1.82, 2.24) is 10.6 Å². The van der Waals surface area contributed by atoms with Gasteiger partial charge in [0.1, 0.15) is 5.75 Å². The van der Waals surface area contributed by atoms with Crippen molar-refractivity contribution in [3.05, 3.63) is 64.7 Å². The minimum Gasteiger partial charge on any atom is -0.496 e. The Kier molecular flexibility index (Phi) is 5.55. The molecular formula is C19H23ClN2O. The van der Waals surface area contributed by atoms with E-state index in [9.17, 15) is 0 Å². The maximum Gasteiger partial charge on any atom is 0.123 e. The minimum absolute atomic E-state index is 0.315. The van der Waals surface area contributed by atoms with Crippen LogP contribution >= 0.6 is 11.6 Å². The van der Waals surface area contributed by atoms with E-state index in [4.69, 9.17) is 16.3 Å². The molecule has 0 unspecified atom stereocenters. The van der Waals surface area contributed by atoms with E-state index in [1.165, 1.54) is 17.5 Å². The molecule has 1 heterocycles. The SMILES string of the molecule is COc1ccccc1CN[C@@H]1CCCN[C@@H]1c1ccc(Cl)cc1. The molecular weight excluding hydrogens is 308 g/mol. The summed E-state index contributed by atoms with van der Waals surface area (Å²) in [6.45, 7) is 1.86. The van der Waals surface area contributed by atoms with Gasteiger partial charge in [0, 0.05) is 29.2 Å². The zero-order chi connectivity index (χ0) is 16.1. The molecule has 1 saturated heterocycles. The summed E-state index contributed by atoms with van der Waals surface area (Å²) < 4.78 is 5.44. The Morgan fingerprint density at radius 2 is 1.96 bits per heavy atom. The molecule has 23 heavy (non-hydrogen) atoms. The topological polar surface area (TPSA) is 33.3 Å². The number of rotatable bonds is 5. The van der Waals surface area contributed by atoms with E-state index in [1.807, 2.05) is 24.3 Å². The molecule has 3 nitrogen and oxygen atoms in total. The highest BCUT2D eigenvalue weighted by Gasteiger charge is 2.25. The molecule has 0 amide bonds. The fourth-order valence-corrected chi connectivity index (χ4v) is 3.34. The Balaban J connectivity index is 1.70. The van der Waals surface area contributed by atoms with Crippen LogP contribution in [0.2, 0.25) is 5.02 Å². The summed E-state index contributed by atoms with van der Waals surface area (Å²) in [5, 5.41) is 8.11. The van der Waals surface area contributed by atoms with Crippen molar-refractivity contribution in [1.29, 1.82) is 0 Å². The third-order valence-corrected chi connectivity index (χ3v) is 4.69. The summed E-state index contributed by atoms with van der Waals surface area (Å²) >= 11 is 6.01. The van der Waals surface area contributed by atoms with E-state index in [2.05, 4.69) is 34.9 Å². The molecule has 3 rings (SSSR count). The molecule has 2 atom stereocenters. The largest absolute Gasteiger partial charge is 0.496 e. The first kappa shape index (κ1) is 16.3. The molecule has 1 fully saturated rings. The van der Waals surface area contributed by atoms with E-state index < -0.39 is 0 Å². The first-order chi connectivity index (χ1) is 11.3. The van der Waals surface area contributed by atoms with Crippen LogP contribution in [0.25, 0.3) is 0 Å². The lowest BCUT2D eigenvalue weighted by molar-refractivity contribution is 0.303. The summed E-state index contributed by atoms with van der Waals surface area (Å²) in [5.41, 5.74) is 2.47. The molecule has 0 saturated carbocycles. The smallest absolute Gasteiger partial charge is 0.123 e. The van der Waals surface area contributed by atoms with Crippen LogP contribution in [0.15, 0.2) is 48.5 Å². The predicted molar refractivity (Wildman–Crippen MR) is 95.1 cm³/mol. The van der Waals surface area contributed by atoms with Crippen LogP contribution in [0.3, 0.4) is 0 Å². The molecule has 1 aliphatic rings. The predicted octanol–water partition coefficient (Wildman–Crippen LogP) is 3.93. The van der Waals surface area contributed by atoms with Gasteiger partial charge in [-0.2, -0.15) is 0 Å². The molecule has 2 aromatic rings. The lowest BCUT2D eigenvalue weighted by Crippen LogP contribution is -2.45. The average molecular weight is 331 g/mol. The highest BCUT2D eigenvalue weighted by molar-refractivity contribution is 6.30. The van der Waals surface area contributed by atoms with Crippen LogP contribution < -0.4 is 15.4 Å². The van der Waals surface area contributed by atoms with Crippen molar-refractivity contribution in [2.45, 2.75) is 31.5 Å². The number of nitrogens with one attached hydrogen (secondary N) is 2. The molecule has 0 bridgehead atoms. The standard InChI is InChI=1S/C19H23ClN2O/c1-23-18-7-3-2-5-15(18)13-22-17-6-4-12-21-19(17)14-8-10-16(20)11-9-14/h2-3,5,7-11,17,19,21-22H,4,6,12-13H2,1H3/t17-,19-/m1/s1. The Bertz CT molecular complexity index is 630. The Hall–Kier alpha value is -1.55. The number of para-hydroxylation sites is 1. The lowest BCUT2D eigenvalue weighted by Gasteiger charge is -2.34. The van der Waals surface area contributed by atoms with Crippen LogP contribution in [0, 0.1) is 0 Å². The fraction of sp³-hybridized carbons (Fsp3) is 0.368. The lowest BCUT2D eigenvalue weighted by atomic mass is 9.92. The number of benzene rings is 2. The van der Waals surface area contributed by atoms with Gasteiger partial charge in [-0.15, -0.1) is 0 Å². The molecule has 122 valence electrons. The summed E-state index contributed by atoms with van der Waals surface area (Å²) in [5.74, 6) is 0.937. The average Bonchev–Trinajstić information content (AvgIpc) is 2.61. The van der Waals surface area contributed by atoms with Gasteiger partial charge < -0.3 is 15.4 Å². The maximum atomic E-state index is 6.01. The number of piperidine rings is 1. The van der Waals surface area contributed by atoms with Gasteiger partial charge in [0.25, 0.3) is 0 Å². The zero-order valence-corrected chi connectivity index (χ0v) is 14.1. The van der Waals surface area contributed by atoms with E-state index in [1.54, 1.807) is 7.11 Å². The van der Waals surface area contributed by atoms with Crippen LogP contribution in [0.1, 0.15) is 30.0 Å². The molecule has 4 heteroatoms. The molecule has 2 aromatic carbocycles. The third-order valence-electron chi connectivity index (χ3n) is 4.43. The van der Waals surface area contributed by atoms with Gasteiger partial charge in [0.2, 0.25) is 0 Å². The number of hydrogen-bond donors (Lipinski definition) is 2. The zero-order valence-electron chi connectivity index (χ0n) is 13.4. The number of methoxy groups -OCH3 is 1. The maximum absolute atomic E-state index is 6.01. The Morgan fingerprint density at radius 1 is 1.17 bits per heavy atom. The van der Waals surface area contributed by atoms with Crippen LogP contribution in [-0.2, 0) is 6.54 Å². The molecule has 1 aliphatic heterocycles. The minimum atomic E-state index is 0.315. The van der Waals surface area contributed by atoms with E-state index >= 15 is 0 Å². The molecule has 0 radical (unpaired) electrons. The van der Waals surface area contributed by atoms with Gasteiger partial charge in [-0.3, -0.25) is 0 Å². The number of ether oxygens (including phenoxy) is 1. The van der Waals surface area contributed by atoms with Crippen LogP contribution in [0.5, 0.6) is 5.75 Å². The van der Waals surface area contributed by atoms with E-state index in [-0.39, 0.29) is 0 Å². The van der Waals surface area contributed by atoms with E-state index in [0.29, 0.717) is 12.1 Å². The summed E-state index contributed by atoms with van der Waals surface area (Å²) in [6.07, 6.45) is 2.35. The normalized spacial score (nSPS) is 21.1. The van der Waals surface area contributed by atoms with Gasteiger partial charge in [-0.1, -0.05) is 41.9 Å². The van der Waals surface area contributed by atoms with E-state index in [0.717, 1.165) is 30.3 Å². The highest BCUT2D eigenvalue weighted by Crippen LogP contribution is 2.26. The van der Waals surface area contributed by atoms with Crippen molar-refractivity contribution >= 4 is 11.6 Å². The number of hydrogen-bond acceptors (Lipinski definition) is 3. The van der Waals surface area contributed by atoms with Crippen molar-refractivity contribution in [2.75, 3.05) is 13.7 Å². The van der Waals surface area contributed by atoms with Crippen LogP contribution in [-0.4, -0.2) is 19.7 Å². The number of halogens is 1. The van der Waals surface area contributed by atoms with Crippen LogP contribution in [0.4, 0.5) is 0 Å². The summed E-state index contributed by atoms with van der Waals surface area (Å²) in [6, 6.07) is 17.0. The third kappa shape index (κ3) is 4.05. The summed E-state index contributed by atoms with van der Waals surface area (Å²) in [4.78, 5) is 0. The van der Waals surface area contributed by atoms with Gasteiger partial charge in [0.15, 0.2) is 0 Å². The molecule has 2 N–H and O–H groups in total.